The molecule has 1 unspecified atom stereocenters. The molecule has 1 aliphatic rings. The van der Waals surface area contributed by atoms with Crippen LogP contribution in [0.5, 0.6) is 0 Å². The monoisotopic (exact) mass is 289 g/mol. The fourth-order valence-electron chi connectivity index (χ4n) is 2.09. The van der Waals surface area contributed by atoms with Crippen molar-refractivity contribution in [3.05, 3.63) is 42.0 Å². The van der Waals surface area contributed by atoms with Crippen molar-refractivity contribution in [3.63, 3.8) is 0 Å². The molecule has 1 heterocycles. The van der Waals surface area contributed by atoms with Crippen LogP contribution < -0.4 is 10.6 Å². The molecule has 1 aromatic rings. The Morgan fingerprint density at radius 2 is 2.29 bits per heavy atom. The molecule has 112 valence electrons. The first-order chi connectivity index (χ1) is 10.1. The minimum atomic E-state index is -0.474. The summed E-state index contributed by atoms with van der Waals surface area (Å²) < 4.78 is 0. The maximum absolute atomic E-state index is 11.8. The van der Waals surface area contributed by atoms with E-state index in [0.29, 0.717) is 30.8 Å². The van der Waals surface area contributed by atoms with Crippen molar-refractivity contribution in [2.45, 2.75) is 25.9 Å². The summed E-state index contributed by atoms with van der Waals surface area (Å²) in [5, 5.41) is 14.1. The van der Waals surface area contributed by atoms with Crippen LogP contribution in [0.3, 0.4) is 0 Å². The van der Waals surface area contributed by atoms with Gasteiger partial charge in [-0.15, -0.1) is 0 Å². The number of rotatable bonds is 5. The van der Waals surface area contributed by atoms with E-state index in [2.05, 4.69) is 27.1 Å². The lowest BCUT2D eigenvalue weighted by molar-refractivity contribution is -0.269. The summed E-state index contributed by atoms with van der Waals surface area (Å²) in [6.45, 7) is 5.82. The van der Waals surface area contributed by atoms with E-state index in [9.17, 15) is 4.79 Å². The number of para-hydroxylation sites is 1. The van der Waals surface area contributed by atoms with Crippen LogP contribution in [0.15, 0.2) is 41.4 Å². The maximum Gasteiger partial charge on any atom is 0.320 e. The van der Waals surface area contributed by atoms with Crippen LogP contribution in [0, 0.1) is 0 Å². The second-order valence-corrected chi connectivity index (χ2v) is 4.97. The van der Waals surface area contributed by atoms with E-state index in [1.807, 2.05) is 24.3 Å². The number of carbonyl (C=O) groups is 1. The van der Waals surface area contributed by atoms with Crippen molar-refractivity contribution < 1.29 is 14.9 Å². The number of amidine groups is 1. The molecule has 0 saturated heterocycles. The second-order valence-electron chi connectivity index (χ2n) is 4.97. The molecule has 1 atom stereocenters. The summed E-state index contributed by atoms with van der Waals surface area (Å²) >= 11 is 0. The van der Waals surface area contributed by atoms with Crippen molar-refractivity contribution in [1.82, 2.24) is 10.6 Å². The minimum absolute atomic E-state index is 0.319. The van der Waals surface area contributed by atoms with Gasteiger partial charge in [-0.05, 0) is 30.5 Å². The molecule has 3 N–H and O–H groups in total. The van der Waals surface area contributed by atoms with Crippen molar-refractivity contribution in [2.75, 3.05) is 6.54 Å². The van der Waals surface area contributed by atoms with Gasteiger partial charge in [-0.25, -0.2) is 14.7 Å². The molecule has 6 nitrogen and oxygen atoms in total. The predicted molar refractivity (Wildman–Crippen MR) is 80.7 cm³/mol. The lowest BCUT2D eigenvalue weighted by Gasteiger charge is -2.13. The third-order valence-corrected chi connectivity index (χ3v) is 3.23. The molecule has 0 aliphatic carbocycles. The predicted octanol–water partition coefficient (Wildman–Crippen LogP) is 2.40. The zero-order valence-corrected chi connectivity index (χ0v) is 11.9. The number of amides is 2. The van der Waals surface area contributed by atoms with Crippen LogP contribution in [0.4, 0.5) is 10.5 Å². The number of hydrogen-bond acceptors (Lipinski definition) is 4. The summed E-state index contributed by atoms with van der Waals surface area (Å²) in [5.41, 5.74) is 2.70. The number of benzene rings is 1. The van der Waals surface area contributed by atoms with Crippen LogP contribution >= 0.6 is 0 Å². The molecule has 0 saturated carbocycles. The Hall–Kier alpha value is -2.18. The number of fused-ring (bicyclic) bond motifs is 1. The molecule has 0 radical (unpaired) electrons. The van der Waals surface area contributed by atoms with E-state index >= 15 is 0 Å². The molecule has 6 heteroatoms. The number of hydrogen-bond donors (Lipinski definition) is 3. The number of nitrogens with zero attached hydrogens (tertiary/aromatic N) is 1. The molecule has 21 heavy (non-hydrogen) atoms. The van der Waals surface area contributed by atoms with Gasteiger partial charge in [-0.2, -0.15) is 0 Å². The molecule has 1 aromatic carbocycles. The van der Waals surface area contributed by atoms with Gasteiger partial charge >= 0.3 is 6.03 Å². The Kier molecular flexibility index (Phi) is 5.08. The number of nitrogens with one attached hydrogen (secondary N) is 2. The van der Waals surface area contributed by atoms with Gasteiger partial charge in [0.1, 0.15) is 11.9 Å². The van der Waals surface area contributed by atoms with Crippen molar-refractivity contribution in [1.29, 1.82) is 0 Å². The van der Waals surface area contributed by atoms with Crippen LogP contribution in [-0.4, -0.2) is 29.8 Å². The normalized spacial score (nSPS) is 14.1. The fraction of sp³-hybridized carbons (Fsp3) is 0.333. The summed E-state index contributed by atoms with van der Waals surface area (Å²) in [6, 6.07) is 7.45. The van der Waals surface area contributed by atoms with Crippen LogP contribution in [0.1, 0.15) is 18.9 Å². The van der Waals surface area contributed by atoms with Gasteiger partial charge in [-0.3, -0.25) is 10.6 Å². The molecular weight excluding hydrogens is 270 g/mol. The van der Waals surface area contributed by atoms with Crippen LogP contribution in [0.2, 0.25) is 0 Å². The third kappa shape index (κ3) is 4.14. The lowest BCUT2D eigenvalue weighted by Crippen LogP contribution is -2.40. The highest BCUT2D eigenvalue weighted by molar-refractivity contribution is 6.02. The molecule has 0 aromatic heterocycles. The van der Waals surface area contributed by atoms with E-state index in [1.54, 1.807) is 6.92 Å². The van der Waals surface area contributed by atoms with Gasteiger partial charge in [0.2, 0.25) is 0 Å². The van der Waals surface area contributed by atoms with Gasteiger partial charge < -0.3 is 5.32 Å². The van der Waals surface area contributed by atoms with E-state index in [-0.39, 0.29) is 6.03 Å². The average molecular weight is 289 g/mol. The first-order valence-electron chi connectivity index (χ1n) is 6.76. The highest BCUT2D eigenvalue weighted by atomic mass is 17.1. The van der Waals surface area contributed by atoms with Crippen molar-refractivity contribution in [2.24, 2.45) is 4.99 Å². The zero-order chi connectivity index (χ0) is 15.2. The highest BCUT2D eigenvalue weighted by Crippen LogP contribution is 2.24. The van der Waals surface area contributed by atoms with Gasteiger partial charge in [0, 0.05) is 13.0 Å². The van der Waals surface area contributed by atoms with Gasteiger partial charge in [0.15, 0.2) is 0 Å². The van der Waals surface area contributed by atoms with Crippen molar-refractivity contribution >= 4 is 17.6 Å². The van der Waals surface area contributed by atoms with Gasteiger partial charge in [-0.1, -0.05) is 24.8 Å². The minimum Gasteiger partial charge on any atom is -0.338 e. The Morgan fingerprint density at radius 1 is 1.52 bits per heavy atom. The topological polar surface area (TPSA) is 83.0 Å². The first-order valence-corrected chi connectivity index (χ1v) is 6.76. The van der Waals surface area contributed by atoms with Crippen LogP contribution in [0.25, 0.3) is 0 Å². The molecule has 2 rings (SSSR count). The molecular formula is C15H19N3O3. The van der Waals surface area contributed by atoms with Gasteiger partial charge in [0.25, 0.3) is 0 Å². The molecule has 0 spiro atoms. The highest BCUT2D eigenvalue weighted by Gasteiger charge is 2.16. The van der Waals surface area contributed by atoms with Crippen LogP contribution in [-0.2, 0) is 11.3 Å². The Morgan fingerprint density at radius 3 is 2.95 bits per heavy atom. The van der Waals surface area contributed by atoms with E-state index in [4.69, 9.17) is 5.26 Å². The summed E-state index contributed by atoms with van der Waals surface area (Å²) in [7, 11) is 0. The third-order valence-electron chi connectivity index (χ3n) is 3.23. The summed E-state index contributed by atoms with van der Waals surface area (Å²) in [4.78, 5) is 20.4. The number of aliphatic imine (C=N–C) groups is 1. The van der Waals surface area contributed by atoms with Crippen molar-refractivity contribution in [3.8, 4) is 0 Å². The van der Waals surface area contributed by atoms with E-state index in [0.717, 1.165) is 11.3 Å². The smallest absolute Gasteiger partial charge is 0.320 e. The average Bonchev–Trinajstić information content (AvgIpc) is 2.85. The standard InChI is InChI=1S/C15H19N3O3/c1-10(2)13(21-20)7-8-16-15(19)18-14-9-11-5-3-4-6-12(11)17-14/h3-6,13,20H,1,7-9H2,2H3,(H2,16,17,18,19). The largest absolute Gasteiger partial charge is 0.338 e. The first kappa shape index (κ1) is 15.2. The number of carbonyl (C=O) groups excluding carboxylic acids is 1. The SMILES string of the molecule is C=C(C)C(CCNC(=O)NC1=Nc2ccccc2C1)OO. The molecule has 2 amide bonds. The Bertz CT molecular complexity index is 569. The maximum atomic E-state index is 11.8. The van der Waals surface area contributed by atoms with Gasteiger partial charge in [0.05, 0.1) is 5.69 Å². The number of urea groups is 1. The fourth-order valence-corrected chi connectivity index (χ4v) is 2.09. The lowest BCUT2D eigenvalue weighted by atomic mass is 10.1. The molecule has 1 aliphatic heterocycles. The van der Waals surface area contributed by atoms with E-state index in [1.165, 1.54) is 0 Å². The zero-order valence-electron chi connectivity index (χ0n) is 11.9. The molecule has 0 fully saturated rings. The van der Waals surface area contributed by atoms with E-state index < -0.39 is 6.10 Å². The molecule has 0 bridgehead atoms. The summed E-state index contributed by atoms with van der Waals surface area (Å²) in [5.74, 6) is 0.628. The Balaban J connectivity index is 1.75. The second kappa shape index (κ2) is 7.01. The summed E-state index contributed by atoms with van der Waals surface area (Å²) in [6.07, 6.45) is 0.599. The Labute approximate surface area is 123 Å². The quantitative estimate of drug-likeness (QED) is 0.442.